The van der Waals surface area contributed by atoms with E-state index in [0.717, 1.165) is 38.5 Å². The summed E-state index contributed by atoms with van der Waals surface area (Å²) in [5.41, 5.74) is 6.50. The quantitative estimate of drug-likeness (QED) is 0.946. The van der Waals surface area contributed by atoms with Crippen LogP contribution < -0.4 is 5.73 Å². The molecule has 1 fully saturated rings. The van der Waals surface area contributed by atoms with Crippen molar-refractivity contribution in [1.82, 2.24) is 14.5 Å². The summed E-state index contributed by atoms with van der Waals surface area (Å²) in [5, 5.41) is 0. The minimum atomic E-state index is -0.656. The first-order valence-corrected chi connectivity index (χ1v) is 7.41. The van der Waals surface area contributed by atoms with Crippen LogP contribution in [0.4, 0.5) is 14.7 Å². The third-order valence-corrected chi connectivity index (χ3v) is 4.40. The number of nitrogens with two attached hydrogens (primary N) is 1. The monoisotopic (exact) mass is 294 g/mol. The molecule has 0 spiro atoms. The Hall–Kier alpha value is -1.69. The summed E-state index contributed by atoms with van der Waals surface area (Å²) in [4.78, 5) is 6.45. The number of nitrogens with zero attached hydrogens (tertiary/aromatic N) is 3. The van der Waals surface area contributed by atoms with Crippen LogP contribution in [-0.2, 0) is 6.54 Å². The number of hydrogen-bond donors (Lipinski definition) is 1. The zero-order chi connectivity index (χ0) is 15.0. The lowest BCUT2D eigenvalue weighted by Gasteiger charge is -2.31. The van der Waals surface area contributed by atoms with Gasteiger partial charge in [-0.2, -0.15) is 0 Å². The first kappa shape index (κ1) is 14.3. The van der Waals surface area contributed by atoms with Crippen molar-refractivity contribution >= 4 is 17.0 Å². The Morgan fingerprint density at radius 2 is 2.00 bits per heavy atom. The van der Waals surface area contributed by atoms with Crippen molar-refractivity contribution in [2.45, 2.75) is 26.3 Å². The van der Waals surface area contributed by atoms with Gasteiger partial charge in [0.25, 0.3) is 0 Å². The number of aromatic nitrogens is 2. The molecule has 0 saturated carbocycles. The third kappa shape index (κ3) is 2.72. The Bertz CT molecular complexity index is 645. The lowest BCUT2D eigenvalue weighted by molar-refractivity contribution is 0.182. The van der Waals surface area contributed by atoms with Gasteiger partial charge < -0.3 is 15.2 Å². The van der Waals surface area contributed by atoms with Crippen LogP contribution in [0.3, 0.4) is 0 Å². The van der Waals surface area contributed by atoms with E-state index in [4.69, 9.17) is 5.73 Å². The molecule has 4 nitrogen and oxygen atoms in total. The van der Waals surface area contributed by atoms with Crippen molar-refractivity contribution in [2.24, 2.45) is 5.92 Å². The minimum Gasteiger partial charge on any atom is -0.369 e. The molecule has 1 aromatic heterocycles. The van der Waals surface area contributed by atoms with Crippen LogP contribution in [0.15, 0.2) is 12.1 Å². The highest BCUT2D eigenvalue weighted by atomic mass is 19.1. The van der Waals surface area contributed by atoms with E-state index in [1.807, 2.05) is 0 Å². The fourth-order valence-electron chi connectivity index (χ4n) is 3.10. The number of nitrogen functional groups attached to an aromatic ring is 1. The fraction of sp³-hybridized carbons (Fsp3) is 0.533. The highest BCUT2D eigenvalue weighted by Gasteiger charge is 2.21. The van der Waals surface area contributed by atoms with Crippen LogP contribution >= 0.6 is 0 Å². The number of anilines is 1. The summed E-state index contributed by atoms with van der Waals surface area (Å²) in [6, 6.07) is 2.15. The standard InChI is InChI=1S/C15H20F2N4/c1-2-20-5-3-10(4-6-20)9-21-13-8-11(16)7-12(17)14(13)19-15(21)18/h7-8,10H,2-6,9H2,1H3,(H2,18,19). The molecule has 0 unspecified atom stereocenters. The van der Waals surface area contributed by atoms with Crippen molar-refractivity contribution in [3.8, 4) is 0 Å². The molecule has 1 aliphatic heterocycles. The molecule has 1 aromatic carbocycles. The number of likely N-dealkylation sites (tertiary alicyclic amines) is 1. The van der Waals surface area contributed by atoms with Crippen molar-refractivity contribution < 1.29 is 8.78 Å². The second-order valence-electron chi connectivity index (χ2n) is 5.71. The number of imidazole rings is 1. The largest absolute Gasteiger partial charge is 0.369 e. The number of rotatable bonds is 3. The summed E-state index contributed by atoms with van der Waals surface area (Å²) >= 11 is 0. The van der Waals surface area contributed by atoms with Crippen LogP contribution in [0.25, 0.3) is 11.0 Å². The number of piperidine rings is 1. The molecule has 0 radical (unpaired) electrons. The van der Waals surface area contributed by atoms with Gasteiger partial charge in [0.15, 0.2) is 5.82 Å². The first-order chi connectivity index (χ1) is 10.1. The average Bonchev–Trinajstić information content (AvgIpc) is 2.77. The lowest BCUT2D eigenvalue weighted by atomic mass is 9.96. The fourth-order valence-corrected chi connectivity index (χ4v) is 3.10. The Morgan fingerprint density at radius 3 is 2.67 bits per heavy atom. The molecular weight excluding hydrogens is 274 g/mol. The molecule has 2 aromatic rings. The molecule has 21 heavy (non-hydrogen) atoms. The van der Waals surface area contributed by atoms with Gasteiger partial charge >= 0.3 is 0 Å². The van der Waals surface area contributed by atoms with E-state index in [9.17, 15) is 8.78 Å². The zero-order valence-corrected chi connectivity index (χ0v) is 12.1. The molecule has 6 heteroatoms. The molecule has 2 N–H and O–H groups in total. The van der Waals surface area contributed by atoms with Gasteiger partial charge in [-0.15, -0.1) is 0 Å². The van der Waals surface area contributed by atoms with Gasteiger partial charge in [0.05, 0.1) is 5.52 Å². The van der Waals surface area contributed by atoms with Crippen molar-refractivity contribution in [3.05, 3.63) is 23.8 Å². The van der Waals surface area contributed by atoms with Gasteiger partial charge in [0.1, 0.15) is 11.3 Å². The van der Waals surface area contributed by atoms with Crippen molar-refractivity contribution in [1.29, 1.82) is 0 Å². The van der Waals surface area contributed by atoms with Gasteiger partial charge in [-0.1, -0.05) is 6.92 Å². The number of benzene rings is 1. The Labute approximate surface area is 122 Å². The highest BCUT2D eigenvalue weighted by Crippen LogP contribution is 2.26. The summed E-state index contributed by atoms with van der Waals surface area (Å²) in [6.07, 6.45) is 2.15. The molecule has 0 amide bonds. The maximum Gasteiger partial charge on any atom is 0.201 e. The molecule has 1 saturated heterocycles. The molecule has 1 aliphatic rings. The Kier molecular flexibility index (Phi) is 3.80. The van der Waals surface area contributed by atoms with Gasteiger partial charge in [0.2, 0.25) is 5.95 Å². The summed E-state index contributed by atoms with van der Waals surface area (Å²) in [5.74, 6) is -0.524. The molecule has 114 valence electrons. The van der Waals surface area contributed by atoms with Crippen LogP contribution in [0.5, 0.6) is 0 Å². The van der Waals surface area contributed by atoms with Gasteiger partial charge in [-0.3, -0.25) is 0 Å². The smallest absolute Gasteiger partial charge is 0.201 e. The van der Waals surface area contributed by atoms with E-state index in [1.54, 1.807) is 4.57 Å². The predicted octanol–water partition coefficient (Wildman–Crippen LogP) is 2.63. The highest BCUT2D eigenvalue weighted by molar-refractivity contribution is 5.79. The Balaban J connectivity index is 1.86. The zero-order valence-electron chi connectivity index (χ0n) is 12.1. The van der Waals surface area contributed by atoms with E-state index >= 15 is 0 Å². The van der Waals surface area contributed by atoms with E-state index in [2.05, 4.69) is 16.8 Å². The van der Waals surface area contributed by atoms with E-state index in [0.29, 0.717) is 18.0 Å². The molecular formula is C15H20F2N4. The molecule has 0 bridgehead atoms. The molecule has 0 atom stereocenters. The molecule has 0 aliphatic carbocycles. The third-order valence-electron chi connectivity index (χ3n) is 4.40. The van der Waals surface area contributed by atoms with E-state index in [-0.39, 0.29) is 11.5 Å². The second kappa shape index (κ2) is 5.60. The Morgan fingerprint density at radius 1 is 1.29 bits per heavy atom. The van der Waals surface area contributed by atoms with Crippen molar-refractivity contribution in [2.75, 3.05) is 25.4 Å². The van der Waals surface area contributed by atoms with Gasteiger partial charge in [-0.05, 0) is 38.4 Å². The maximum absolute atomic E-state index is 13.7. The number of hydrogen-bond acceptors (Lipinski definition) is 3. The van der Waals surface area contributed by atoms with Gasteiger partial charge in [-0.25, -0.2) is 13.8 Å². The maximum atomic E-state index is 13.7. The normalized spacial score (nSPS) is 17.7. The van der Waals surface area contributed by atoms with Crippen LogP contribution in [-0.4, -0.2) is 34.1 Å². The van der Waals surface area contributed by atoms with Crippen LogP contribution in [0.1, 0.15) is 19.8 Å². The van der Waals surface area contributed by atoms with E-state index in [1.165, 1.54) is 6.07 Å². The summed E-state index contributed by atoms with van der Waals surface area (Å²) in [7, 11) is 0. The van der Waals surface area contributed by atoms with Gasteiger partial charge in [0, 0.05) is 18.7 Å². The van der Waals surface area contributed by atoms with Crippen LogP contribution in [0, 0.1) is 17.6 Å². The topological polar surface area (TPSA) is 47.1 Å². The molecule has 3 rings (SSSR count). The lowest BCUT2D eigenvalue weighted by Crippen LogP contribution is -2.34. The number of fused-ring (bicyclic) bond motifs is 1. The second-order valence-corrected chi connectivity index (χ2v) is 5.71. The predicted molar refractivity (Wildman–Crippen MR) is 78.9 cm³/mol. The minimum absolute atomic E-state index is 0.153. The van der Waals surface area contributed by atoms with Crippen molar-refractivity contribution in [3.63, 3.8) is 0 Å². The summed E-state index contributed by atoms with van der Waals surface area (Å²) < 4.78 is 28.9. The molecule has 2 heterocycles. The summed E-state index contributed by atoms with van der Waals surface area (Å²) in [6.45, 7) is 6.03. The number of halogens is 2. The first-order valence-electron chi connectivity index (χ1n) is 7.41. The SMILES string of the molecule is CCN1CCC(Cn2c(N)nc3c(F)cc(F)cc32)CC1. The van der Waals surface area contributed by atoms with E-state index < -0.39 is 11.6 Å². The average molecular weight is 294 g/mol. The van der Waals surface area contributed by atoms with Crippen LogP contribution in [0.2, 0.25) is 0 Å².